The van der Waals surface area contributed by atoms with Gasteiger partial charge in [-0.3, -0.25) is 9.59 Å². The summed E-state index contributed by atoms with van der Waals surface area (Å²) in [6.45, 7) is 3.54. The van der Waals surface area contributed by atoms with Gasteiger partial charge >= 0.3 is 5.97 Å². The lowest BCUT2D eigenvalue weighted by molar-refractivity contribution is -0.142. The van der Waals surface area contributed by atoms with E-state index in [9.17, 15) is 14.4 Å². The number of hydrogen-bond donors (Lipinski definition) is 2. The number of allylic oxidation sites excluding steroid dienone is 1. The second-order valence-corrected chi connectivity index (χ2v) is 6.08. The summed E-state index contributed by atoms with van der Waals surface area (Å²) in [5, 5.41) is 11.5. The standard InChI is InChI=1S/C19H23NO4/c1-2-3-7-16(19(23)24)20-18(22)11-10-17(21)15-9-8-13-5-4-6-14(13)12-15/h2,8-9,12,16H,1,3-7,10-11H2,(H,20,22)(H,23,24). The van der Waals surface area contributed by atoms with Crippen LogP contribution in [0.2, 0.25) is 0 Å². The van der Waals surface area contributed by atoms with E-state index in [1.807, 2.05) is 18.2 Å². The maximum absolute atomic E-state index is 12.2. The summed E-state index contributed by atoms with van der Waals surface area (Å²) in [5.41, 5.74) is 3.15. The molecule has 0 bridgehead atoms. The molecule has 24 heavy (non-hydrogen) atoms. The number of Topliss-reactive ketones (excluding diaryl/α,β-unsaturated/α-hetero) is 1. The van der Waals surface area contributed by atoms with Gasteiger partial charge in [-0.15, -0.1) is 6.58 Å². The predicted molar refractivity (Wildman–Crippen MR) is 91.0 cm³/mol. The average molecular weight is 329 g/mol. The van der Waals surface area contributed by atoms with E-state index in [4.69, 9.17) is 5.11 Å². The van der Waals surface area contributed by atoms with Gasteiger partial charge in [0.05, 0.1) is 0 Å². The van der Waals surface area contributed by atoms with Gasteiger partial charge in [0.25, 0.3) is 0 Å². The number of fused-ring (bicyclic) bond motifs is 1. The van der Waals surface area contributed by atoms with Crippen LogP contribution in [0, 0.1) is 0 Å². The minimum absolute atomic E-state index is 0.00616. The van der Waals surface area contributed by atoms with Gasteiger partial charge < -0.3 is 10.4 Å². The molecule has 0 saturated heterocycles. The molecule has 0 aliphatic heterocycles. The van der Waals surface area contributed by atoms with E-state index in [1.54, 1.807) is 6.08 Å². The van der Waals surface area contributed by atoms with Crippen LogP contribution in [-0.2, 0) is 22.4 Å². The van der Waals surface area contributed by atoms with Crippen LogP contribution < -0.4 is 5.32 Å². The Hall–Kier alpha value is -2.43. The number of ketones is 1. The first-order valence-electron chi connectivity index (χ1n) is 8.29. The van der Waals surface area contributed by atoms with Crippen molar-refractivity contribution < 1.29 is 19.5 Å². The summed E-state index contributed by atoms with van der Waals surface area (Å²) in [4.78, 5) is 35.2. The monoisotopic (exact) mass is 329 g/mol. The minimum atomic E-state index is -1.07. The minimum Gasteiger partial charge on any atom is -0.480 e. The lowest BCUT2D eigenvalue weighted by atomic mass is 10.0. The van der Waals surface area contributed by atoms with Gasteiger partial charge in [0.15, 0.2) is 5.78 Å². The number of hydrogen-bond acceptors (Lipinski definition) is 3. The van der Waals surface area contributed by atoms with Crippen molar-refractivity contribution in [1.29, 1.82) is 0 Å². The van der Waals surface area contributed by atoms with Gasteiger partial charge in [-0.05, 0) is 49.3 Å². The molecule has 1 aromatic rings. The summed E-state index contributed by atoms with van der Waals surface area (Å²) in [6.07, 6.45) is 5.67. The third kappa shape index (κ3) is 4.78. The Morgan fingerprint density at radius 1 is 1.21 bits per heavy atom. The highest BCUT2D eigenvalue weighted by atomic mass is 16.4. The fourth-order valence-corrected chi connectivity index (χ4v) is 2.93. The van der Waals surface area contributed by atoms with Crippen molar-refractivity contribution in [2.24, 2.45) is 0 Å². The fraction of sp³-hybridized carbons (Fsp3) is 0.421. The Balaban J connectivity index is 1.85. The highest BCUT2D eigenvalue weighted by Crippen LogP contribution is 2.23. The SMILES string of the molecule is C=CCCC(NC(=O)CCC(=O)c1ccc2c(c1)CCC2)C(=O)O. The van der Waals surface area contributed by atoms with E-state index >= 15 is 0 Å². The van der Waals surface area contributed by atoms with Crippen LogP contribution >= 0.6 is 0 Å². The first-order chi connectivity index (χ1) is 11.5. The summed E-state index contributed by atoms with van der Waals surface area (Å²) in [6, 6.07) is 4.79. The number of nitrogens with one attached hydrogen (secondary N) is 1. The zero-order valence-corrected chi connectivity index (χ0v) is 13.7. The van der Waals surface area contributed by atoms with E-state index in [0.717, 1.165) is 19.3 Å². The van der Waals surface area contributed by atoms with Gasteiger partial charge in [0.1, 0.15) is 6.04 Å². The van der Waals surface area contributed by atoms with Crippen LogP contribution in [0.3, 0.4) is 0 Å². The molecule has 0 radical (unpaired) electrons. The maximum atomic E-state index is 12.2. The zero-order valence-electron chi connectivity index (χ0n) is 13.7. The molecule has 0 aromatic heterocycles. The predicted octanol–water partition coefficient (Wildman–Crippen LogP) is 2.67. The van der Waals surface area contributed by atoms with Crippen LogP contribution in [-0.4, -0.2) is 28.8 Å². The van der Waals surface area contributed by atoms with Gasteiger partial charge in [-0.2, -0.15) is 0 Å². The Morgan fingerprint density at radius 3 is 2.67 bits per heavy atom. The van der Waals surface area contributed by atoms with Gasteiger partial charge in [-0.1, -0.05) is 18.2 Å². The van der Waals surface area contributed by atoms with Crippen LogP contribution in [0.15, 0.2) is 30.9 Å². The Labute approximate surface area is 141 Å². The van der Waals surface area contributed by atoms with Crippen molar-refractivity contribution >= 4 is 17.7 Å². The molecule has 0 saturated carbocycles. The van der Waals surface area contributed by atoms with Crippen molar-refractivity contribution in [3.05, 3.63) is 47.5 Å². The molecule has 0 fully saturated rings. The van der Waals surface area contributed by atoms with Gasteiger partial charge in [-0.25, -0.2) is 4.79 Å². The van der Waals surface area contributed by atoms with Crippen LogP contribution in [0.1, 0.15) is 53.6 Å². The molecule has 1 aliphatic carbocycles. The van der Waals surface area contributed by atoms with E-state index in [1.165, 1.54) is 11.1 Å². The molecule has 1 atom stereocenters. The topological polar surface area (TPSA) is 83.5 Å². The number of carboxylic acids is 1. The highest BCUT2D eigenvalue weighted by Gasteiger charge is 2.20. The smallest absolute Gasteiger partial charge is 0.326 e. The molecule has 0 heterocycles. The first-order valence-corrected chi connectivity index (χ1v) is 8.29. The van der Waals surface area contributed by atoms with Gasteiger partial charge in [0.2, 0.25) is 5.91 Å². The third-order valence-corrected chi connectivity index (χ3v) is 4.29. The van der Waals surface area contributed by atoms with Crippen LogP contribution in [0.25, 0.3) is 0 Å². The van der Waals surface area contributed by atoms with Crippen molar-refractivity contribution in [2.45, 2.75) is 51.0 Å². The molecule has 5 nitrogen and oxygen atoms in total. The van der Waals surface area contributed by atoms with Crippen molar-refractivity contribution in [2.75, 3.05) is 0 Å². The van der Waals surface area contributed by atoms with Gasteiger partial charge in [0, 0.05) is 18.4 Å². The van der Waals surface area contributed by atoms with Crippen LogP contribution in [0.5, 0.6) is 0 Å². The number of aryl methyl sites for hydroxylation is 2. The Morgan fingerprint density at radius 2 is 1.96 bits per heavy atom. The van der Waals surface area contributed by atoms with Crippen molar-refractivity contribution in [3.63, 3.8) is 0 Å². The number of carbonyl (C=O) groups is 3. The summed E-state index contributed by atoms with van der Waals surface area (Å²) >= 11 is 0. The van der Waals surface area contributed by atoms with E-state index in [2.05, 4.69) is 11.9 Å². The van der Waals surface area contributed by atoms with Crippen LogP contribution in [0.4, 0.5) is 0 Å². The number of benzene rings is 1. The lowest BCUT2D eigenvalue weighted by Crippen LogP contribution is -2.40. The molecule has 2 rings (SSSR count). The second-order valence-electron chi connectivity index (χ2n) is 6.08. The molecule has 1 unspecified atom stereocenters. The lowest BCUT2D eigenvalue weighted by Gasteiger charge is -2.13. The summed E-state index contributed by atoms with van der Waals surface area (Å²) in [7, 11) is 0. The van der Waals surface area contributed by atoms with E-state index < -0.39 is 17.9 Å². The number of carbonyl (C=O) groups excluding carboxylic acids is 2. The first kappa shape index (κ1) is 17.9. The maximum Gasteiger partial charge on any atom is 0.326 e. The quantitative estimate of drug-likeness (QED) is 0.539. The molecule has 128 valence electrons. The van der Waals surface area contributed by atoms with Crippen molar-refractivity contribution in [3.8, 4) is 0 Å². The second kappa shape index (κ2) is 8.43. The molecule has 5 heteroatoms. The molecule has 2 N–H and O–H groups in total. The highest BCUT2D eigenvalue weighted by molar-refractivity contribution is 5.98. The summed E-state index contributed by atoms with van der Waals surface area (Å²) < 4.78 is 0. The van der Waals surface area contributed by atoms with Crippen molar-refractivity contribution in [1.82, 2.24) is 5.32 Å². The molecule has 0 spiro atoms. The molecule has 1 aliphatic rings. The summed E-state index contributed by atoms with van der Waals surface area (Å²) in [5.74, 6) is -1.58. The zero-order chi connectivity index (χ0) is 17.5. The van der Waals surface area contributed by atoms with E-state index in [-0.39, 0.29) is 18.6 Å². The Kier molecular flexibility index (Phi) is 6.29. The number of carboxylic acid groups (broad SMARTS) is 1. The number of rotatable bonds is 9. The average Bonchev–Trinajstić information content (AvgIpc) is 3.03. The van der Waals surface area contributed by atoms with E-state index in [0.29, 0.717) is 18.4 Å². The fourth-order valence-electron chi connectivity index (χ4n) is 2.93. The molecular weight excluding hydrogens is 306 g/mol. The number of aliphatic carboxylic acids is 1. The normalized spacial score (nSPS) is 13.8. The third-order valence-electron chi connectivity index (χ3n) is 4.29. The number of amides is 1. The molecule has 1 aromatic carbocycles. The Bertz CT molecular complexity index is 651. The molecule has 1 amide bonds. The molecular formula is C19H23NO4. The largest absolute Gasteiger partial charge is 0.480 e.